The normalized spacial score (nSPS) is 15.9. The first-order chi connectivity index (χ1) is 15.5. The van der Waals surface area contributed by atoms with E-state index in [4.69, 9.17) is 14.2 Å². The number of aromatic nitrogens is 1. The number of benzene rings is 1. The maximum absolute atomic E-state index is 13.5. The number of carbonyl (C=O) groups is 1. The summed E-state index contributed by atoms with van der Waals surface area (Å²) in [7, 11) is 3.14. The van der Waals surface area contributed by atoms with Gasteiger partial charge in [-0.05, 0) is 49.1 Å². The molecule has 3 aromatic rings. The van der Waals surface area contributed by atoms with E-state index in [1.165, 1.54) is 22.7 Å². The molecule has 0 saturated heterocycles. The van der Waals surface area contributed by atoms with E-state index in [0.717, 1.165) is 10.4 Å². The molecule has 7 nitrogen and oxygen atoms in total. The van der Waals surface area contributed by atoms with Gasteiger partial charge in [-0.2, -0.15) is 0 Å². The Balaban J connectivity index is 1.90. The summed E-state index contributed by atoms with van der Waals surface area (Å²) in [6, 6.07) is 8.70. The van der Waals surface area contributed by atoms with Gasteiger partial charge in [-0.1, -0.05) is 23.5 Å². The van der Waals surface area contributed by atoms with Crippen molar-refractivity contribution in [2.75, 3.05) is 20.8 Å². The molecule has 0 bridgehead atoms. The predicted molar refractivity (Wildman–Crippen MR) is 124 cm³/mol. The second kappa shape index (κ2) is 9.13. The van der Waals surface area contributed by atoms with Crippen molar-refractivity contribution >= 4 is 34.7 Å². The molecule has 32 heavy (non-hydrogen) atoms. The van der Waals surface area contributed by atoms with E-state index in [1.807, 2.05) is 29.6 Å². The highest BCUT2D eigenvalue weighted by molar-refractivity contribution is 7.10. The van der Waals surface area contributed by atoms with Crippen LogP contribution in [0.1, 0.15) is 30.3 Å². The van der Waals surface area contributed by atoms with Crippen LogP contribution in [0.5, 0.6) is 11.5 Å². The van der Waals surface area contributed by atoms with E-state index in [2.05, 4.69) is 4.99 Å². The number of ether oxygens (including phenoxy) is 3. The van der Waals surface area contributed by atoms with Crippen LogP contribution in [-0.4, -0.2) is 31.4 Å². The zero-order chi connectivity index (χ0) is 22.8. The monoisotopic (exact) mass is 470 g/mol. The van der Waals surface area contributed by atoms with Gasteiger partial charge in [-0.3, -0.25) is 9.36 Å². The SMILES string of the molecule is CCOC(=O)C1=C(C)N=c2s/c(=C\c3ccc(OC)c(OC)c3)c(=O)n2[C@@H]1c1cccs1. The van der Waals surface area contributed by atoms with Crippen molar-refractivity contribution in [1.29, 1.82) is 0 Å². The highest BCUT2D eigenvalue weighted by atomic mass is 32.1. The van der Waals surface area contributed by atoms with Crippen molar-refractivity contribution < 1.29 is 19.0 Å². The fourth-order valence-corrected chi connectivity index (χ4v) is 5.47. The first-order valence-corrected chi connectivity index (χ1v) is 11.6. The highest BCUT2D eigenvalue weighted by Crippen LogP contribution is 2.33. The van der Waals surface area contributed by atoms with Crippen LogP contribution in [-0.2, 0) is 9.53 Å². The fraction of sp³-hybridized carbons (Fsp3) is 0.261. The number of hydrogen-bond acceptors (Lipinski definition) is 8. The second-order valence-electron chi connectivity index (χ2n) is 6.93. The number of carbonyl (C=O) groups excluding carboxylic acids is 1. The van der Waals surface area contributed by atoms with E-state index in [-0.39, 0.29) is 12.2 Å². The number of allylic oxidation sites excluding steroid dienone is 1. The molecule has 1 aliphatic rings. The maximum atomic E-state index is 13.5. The molecule has 2 aromatic heterocycles. The van der Waals surface area contributed by atoms with E-state index < -0.39 is 12.0 Å². The lowest BCUT2D eigenvalue weighted by Gasteiger charge is -2.23. The summed E-state index contributed by atoms with van der Waals surface area (Å²) in [5.41, 5.74) is 1.53. The van der Waals surface area contributed by atoms with Gasteiger partial charge in [0.25, 0.3) is 5.56 Å². The third-order valence-electron chi connectivity index (χ3n) is 5.04. The molecule has 0 aliphatic carbocycles. The van der Waals surface area contributed by atoms with E-state index in [1.54, 1.807) is 44.8 Å². The zero-order valence-corrected chi connectivity index (χ0v) is 19.7. The van der Waals surface area contributed by atoms with Gasteiger partial charge in [0.1, 0.15) is 6.04 Å². The Kier molecular flexibility index (Phi) is 6.29. The number of methoxy groups -OCH3 is 2. The summed E-state index contributed by atoms with van der Waals surface area (Å²) in [6.45, 7) is 3.78. The average molecular weight is 471 g/mol. The van der Waals surface area contributed by atoms with Crippen molar-refractivity contribution in [3.63, 3.8) is 0 Å². The van der Waals surface area contributed by atoms with Gasteiger partial charge in [0, 0.05) is 4.88 Å². The largest absolute Gasteiger partial charge is 0.493 e. The summed E-state index contributed by atoms with van der Waals surface area (Å²) < 4.78 is 18.0. The van der Waals surface area contributed by atoms with Crippen LogP contribution < -0.4 is 24.4 Å². The Bertz CT molecular complexity index is 1370. The van der Waals surface area contributed by atoms with E-state index in [0.29, 0.717) is 32.1 Å². The first kappa shape index (κ1) is 22.0. The lowest BCUT2D eigenvalue weighted by molar-refractivity contribution is -0.139. The van der Waals surface area contributed by atoms with Gasteiger partial charge >= 0.3 is 5.97 Å². The van der Waals surface area contributed by atoms with Gasteiger partial charge in [-0.15, -0.1) is 11.3 Å². The molecule has 0 saturated carbocycles. The lowest BCUT2D eigenvalue weighted by atomic mass is 10.0. The van der Waals surface area contributed by atoms with Crippen LogP contribution in [0.25, 0.3) is 6.08 Å². The molecule has 0 unspecified atom stereocenters. The molecular formula is C23H22N2O5S2. The average Bonchev–Trinajstić information content (AvgIpc) is 3.41. The standard InChI is InChI=1S/C23H22N2O5S2/c1-5-30-22(27)19-13(2)24-23-25(20(19)17-7-6-10-31-17)21(26)18(32-23)12-14-8-9-15(28-3)16(11-14)29-4/h6-12,20H,5H2,1-4H3/b18-12-/t20-/m1/s1. The molecule has 9 heteroatoms. The number of rotatable bonds is 6. The fourth-order valence-electron chi connectivity index (χ4n) is 3.60. The molecule has 0 radical (unpaired) electrons. The van der Waals surface area contributed by atoms with Crippen molar-refractivity contribution in [2.45, 2.75) is 19.9 Å². The Hall–Kier alpha value is -3.17. The molecule has 0 N–H and O–H groups in total. The highest BCUT2D eigenvalue weighted by Gasteiger charge is 2.33. The number of nitrogens with zero attached hydrogens (tertiary/aromatic N) is 2. The topological polar surface area (TPSA) is 79.1 Å². The number of fused-ring (bicyclic) bond motifs is 1. The van der Waals surface area contributed by atoms with Crippen LogP contribution >= 0.6 is 22.7 Å². The smallest absolute Gasteiger partial charge is 0.338 e. The maximum Gasteiger partial charge on any atom is 0.338 e. The summed E-state index contributed by atoms with van der Waals surface area (Å²) in [4.78, 5) is 32.3. The van der Waals surface area contributed by atoms with Crippen molar-refractivity contribution in [1.82, 2.24) is 4.57 Å². The van der Waals surface area contributed by atoms with Gasteiger partial charge in [-0.25, -0.2) is 9.79 Å². The second-order valence-corrected chi connectivity index (χ2v) is 8.92. The minimum atomic E-state index is -0.571. The molecular weight excluding hydrogens is 448 g/mol. The number of thiophene rings is 1. The number of thiazole rings is 1. The van der Waals surface area contributed by atoms with Gasteiger partial charge in [0.05, 0.1) is 36.6 Å². The van der Waals surface area contributed by atoms with E-state index >= 15 is 0 Å². The van der Waals surface area contributed by atoms with Gasteiger partial charge in [0.15, 0.2) is 16.3 Å². The van der Waals surface area contributed by atoms with Crippen LogP contribution in [0, 0.1) is 0 Å². The predicted octanol–water partition coefficient (Wildman–Crippen LogP) is 2.88. The Morgan fingerprint density at radius 2 is 2.00 bits per heavy atom. The third-order valence-corrected chi connectivity index (χ3v) is 6.94. The minimum absolute atomic E-state index is 0.212. The molecule has 1 aromatic carbocycles. The first-order valence-electron chi connectivity index (χ1n) is 9.93. The summed E-state index contributed by atoms with van der Waals surface area (Å²) in [6.07, 6.45) is 1.79. The molecule has 1 atom stereocenters. The Morgan fingerprint density at radius 3 is 2.66 bits per heavy atom. The minimum Gasteiger partial charge on any atom is -0.493 e. The molecule has 166 valence electrons. The lowest BCUT2D eigenvalue weighted by Crippen LogP contribution is -2.39. The van der Waals surface area contributed by atoms with Gasteiger partial charge in [0.2, 0.25) is 0 Å². The molecule has 4 rings (SSSR count). The molecule has 3 heterocycles. The summed E-state index contributed by atoms with van der Waals surface area (Å²) >= 11 is 2.77. The van der Waals surface area contributed by atoms with Crippen LogP contribution in [0.3, 0.4) is 0 Å². The molecule has 1 aliphatic heterocycles. The quantitative estimate of drug-likeness (QED) is 0.518. The summed E-state index contributed by atoms with van der Waals surface area (Å²) in [5.74, 6) is 0.728. The molecule has 0 spiro atoms. The van der Waals surface area contributed by atoms with Crippen LogP contribution in [0.2, 0.25) is 0 Å². The Labute approximate surface area is 192 Å². The molecule has 0 amide bonds. The van der Waals surface area contributed by atoms with Crippen LogP contribution in [0.4, 0.5) is 0 Å². The number of esters is 1. The van der Waals surface area contributed by atoms with Crippen molar-refractivity contribution in [3.8, 4) is 11.5 Å². The summed E-state index contributed by atoms with van der Waals surface area (Å²) in [5, 5.41) is 1.92. The van der Waals surface area contributed by atoms with Crippen molar-refractivity contribution in [2.24, 2.45) is 4.99 Å². The van der Waals surface area contributed by atoms with Crippen LogP contribution in [0.15, 0.2) is 56.8 Å². The van der Waals surface area contributed by atoms with Gasteiger partial charge < -0.3 is 14.2 Å². The zero-order valence-electron chi connectivity index (χ0n) is 18.1. The number of hydrogen-bond donors (Lipinski definition) is 0. The molecule has 0 fully saturated rings. The van der Waals surface area contributed by atoms with Crippen molar-refractivity contribution in [3.05, 3.63) is 77.1 Å². The third kappa shape index (κ3) is 3.89. The Morgan fingerprint density at radius 1 is 1.22 bits per heavy atom. The van der Waals surface area contributed by atoms with E-state index in [9.17, 15) is 9.59 Å².